The van der Waals surface area contributed by atoms with Crippen molar-refractivity contribution in [2.45, 2.75) is 111 Å². The predicted molar refractivity (Wildman–Crippen MR) is 120 cm³/mol. The first kappa shape index (κ1) is 34.0. The molecule has 0 heterocycles. The number of carbonyl (C=O) groups is 2. The topological polar surface area (TPSA) is 110 Å². The molecule has 0 aromatic heterocycles. The molecular weight excluding hydrogens is 443 g/mol. The van der Waals surface area contributed by atoms with E-state index in [9.17, 15) is 22.6 Å². The molecule has 0 radical (unpaired) electrons. The van der Waals surface area contributed by atoms with Gasteiger partial charge in [-0.05, 0) is 55.8 Å². The van der Waals surface area contributed by atoms with E-state index < -0.39 is 39.8 Å². The Labute approximate surface area is 217 Å². The van der Waals surface area contributed by atoms with Crippen LogP contribution in [0.1, 0.15) is 93.9 Å². The van der Waals surface area contributed by atoms with Crippen LogP contribution in [-0.2, 0) is 29.2 Å². The summed E-state index contributed by atoms with van der Waals surface area (Å²) in [7, 11) is -4.96. The molecule has 0 spiro atoms. The number of hydrogen-bond acceptors (Lipinski definition) is 7. The zero-order valence-corrected chi connectivity index (χ0v) is 24.4. The molecule has 0 rings (SSSR count). The van der Waals surface area contributed by atoms with Crippen LogP contribution in [0.15, 0.2) is 0 Å². The molecule has 0 amide bonds. The SMILES string of the molecule is CC(C)CC(CC(C)C)OC(=O)CCC(C(=O)OC(CC(C)C)CC(C)C)S(=O)(=O)[O-].[Na+]. The second-order valence-corrected chi connectivity index (χ2v) is 11.8. The average molecular weight is 487 g/mol. The number of carbonyl (C=O) groups excluding carboxylic acids is 2. The van der Waals surface area contributed by atoms with Gasteiger partial charge in [-0.3, -0.25) is 9.59 Å². The van der Waals surface area contributed by atoms with Gasteiger partial charge in [0.05, 0.1) is 0 Å². The maximum atomic E-state index is 12.5. The minimum absolute atomic E-state index is 0. The number of esters is 2. The van der Waals surface area contributed by atoms with E-state index in [4.69, 9.17) is 9.47 Å². The van der Waals surface area contributed by atoms with E-state index in [-0.39, 0.29) is 53.9 Å². The Morgan fingerprint density at radius 2 is 1.06 bits per heavy atom. The van der Waals surface area contributed by atoms with Crippen molar-refractivity contribution in [3.05, 3.63) is 0 Å². The second-order valence-electron chi connectivity index (χ2n) is 10.2. The first-order valence-corrected chi connectivity index (χ1v) is 12.9. The van der Waals surface area contributed by atoms with Gasteiger partial charge in [0.15, 0.2) is 0 Å². The summed E-state index contributed by atoms with van der Waals surface area (Å²) in [6, 6.07) is 0. The van der Waals surface area contributed by atoms with E-state index in [1.54, 1.807) is 0 Å². The van der Waals surface area contributed by atoms with Crippen LogP contribution in [0.3, 0.4) is 0 Å². The molecule has 0 saturated carbocycles. The first-order chi connectivity index (χ1) is 14.1. The molecule has 0 bridgehead atoms. The van der Waals surface area contributed by atoms with E-state index in [0.717, 1.165) is 0 Å². The quantitative estimate of drug-likeness (QED) is 0.197. The summed E-state index contributed by atoms with van der Waals surface area (Å²) in [5.74, 6) is -0.524. The Morgan fingerprint density at radius 3 is 1.38 bits per heavy atom. The van der Waals surface area contributed by atoms with Crippen molar-refractivity contribution in [1.82, 2.24) is 0 Å². The Kier molecular flexibility index (Phi) is 17.5. The van der Waals surface area contributed by atoms with E-state index >= 15 is 0 Å². The fourth-order valence-electron chi connectivity index (χ4n) is 3.60. The maximum absolute atomic E-state index is 12.5. The van der Waals surface area contributed by atoms with Crippen molar-refractivity contribution in [3.8, 4) is 0 Å². The minimum Gasteiger partial charge on any atom is -0.747 e. The van der Waals surface area contributed by atoms with E-state index in [1.807, 2.05) is 55.4 Å². The molecule has 0 fully saturated rings. The van der Waals surface area contributed by atoms with Gasteiger partial charge in [0, 0.05) is 6.42 Å². The molecule has 9 heteroatoms. The van der Waals surface area contributed by atoms with Gasteiger partial charge >= 0.3 is 41.5 Å². The van der Waals surface area contributed by atoms with Crippen LogP contribution >= 0.6 is 0 Å². The summed E-state index contributed by atoms with van der Waals surface area (Å²) >= 11 is 0. The zero-order chi connectivity index (χ0) is 24.4. The van der Waals surface area contributed by atoms with Crippen molar-refractivity contribution in [1.29, 1.82) is 0 Å². The van der Waals surface area contributed by atoms with Gasteiger partial charge < -0.3 is 14.0 Å². The third-order valence-electron chi connectivity index (χ3n) is 4.74. The monoisotopic (exact) mass is 486 g/mol. The third-order valence-corrected chi connectivity index (χ3v) is 5.87. The van der Waals surface area contributed by atoms with Gasteiger partial charge in [-0.15, -0.1) is 0 Å². The first-order valence-electron chi connectivity index (χ1n) is 11.5. The van der Waals surface area contributed by atoms with Crippen molar-refractivity contribution >= 4 is 22.1 Å². The molecule has 0 aromatic carbocycles. The van der Waals surface area contributed by atoms with Crippen LogP contribution in [0.2, 0.25) is 0 Å². The molecular formula is C23H43NaO7S. The van der Waals surface area contributed by atoms with Crippen LogP contribution in [-0.4, -0.2) is 42.4 Å². The minimum atomic E-state index is -4.96. The Bertz CT molecular complexity index is 625. The molecule has 0 aromatic rings. The van der Waals surface area contributed by atoms with Crippen molar-refractivity contribution < 1.29 is 61.6 Å². The number of ether oxygens (including phenoxy) is 2. The fourth-order valence-corrected chi connectivity index (χ4v) is 4.30. The smallest absolute Gasteiger partial charge is 0.747 e. The maximum Gasteiger partial charge on any atom is 1.00 e. The Morgan fingerprint density at radius 1 is 0.719 bits per heavy atom. The van der Waals surface area contributed by atoms with Gasteiger partial charge in [0.2, 0.25) is 0 Å². The molecule has 184 valence electrons. The Balaban J connectivity index is 0. The summed E-state index contributed by atoms with van der Waals surface area (Å²) in [6.45, 7) is 16.0. The number of rotatable bonds is 15. The van der Waals surface area contributed by atoms with Gasteiger partial charge in [0.1, 0.15) is 27.6 Å². The predicted octanol–water partition coefficient (Wildman–Crippen LogP) is 1.69. The van der Waals surface area contributed by atoms with Gasteiger partial charge in [-0.2, -0.15) is 0 Å². The van der Waals surface area contributed by atoms with E-state index in [0.29, 0.717) is 37.5 Å². The van der Waals surface area contributed by atoms with E-state index in [2.05, 4.69) is 0 Å². The third kappa shape index (κ3) is 16.5. The van der Waals surface area contributed by atoms with Crippen molar-refractivity contribution in [2.24, 2.45) is 23.7 Å². The number of hydrogen-bond donors (Lipinski definition) is 0. The molecule has 0 aliphatic rings. The van der Waals surface area contributed by atoms with Crippen LogP contribution in [0.5, 0.6) is 0 Å². The Hall–Kier alpha value is -0.150. The molecule has 0 saturated heterocycles. The van der Waals surface area contributed by atoms with Crippen LogP contribution in [0.4, 0.5) is 0 Å². The standard InChI is InChI=1S/C23H44O7S.Na/c1-15(2)11-19(12-16(3)4)29-22(24)10-9-21(31(26,27)28)23(25)30-20(13-17(5)6)14-18(7)8;/h15-21H,9-14H2,1-8H3,(H,26,27,28);/q;+1/p-1. The molecule has 7 nitrogen and oxygen atoms in total. The van der Waals surface area contributed by atoms with Crippen molar-refractivity contribution in [3.63, 3.8) is 0 Å². The summed E-state index contributed by atoms with van der Waals surface area (Å²) in [4.78, 5) is 24.8. The van der Waals surface area contributed by atoms with Crippen LogP contribution < -0.4 is 29.6 Å². The fraction of sp³-hybridized carbons (Fsp3) is 0.913. The van der Waals surface area contributed by atoms with Gasteiger partial charge in [-0.1, -0.05) is 55.4 Å². The van der Waals surface area contributed by atoms with Crippen LogP contribution in [0, 0.1) is 23.7 Å². The normalized spacial score (nSPS) is 13.2. The van der Waals surface area contributed by atoms with Gasteiger partial charge in [-0.25, -0.2) is 8.42 Å². The second kappa shape index (κ2) is 16.5. The molecule has 32 heavy (non-hydrogen) atoms. The molecule has 0 aliphatic heterocycles. The van der Waals surface area contributed by atoms with Crippen molar-refractivity contribution in [2.75, 3.05) is 0 Å². The van der Waals surface area contributed by atoms with Crippen LogP contribution in [0.25, 0.3) is 0 Å². The summed E-state index contributed by atoms with van der Waals surface area (Å²) in [5, 5.41) is -1.91. The average Bonchev–Trinajstić information content (AvgIpc) is 2.50. The summed E-state index contributed by atoms with van der Waals surface area (Å²) < 4.78 is 46.1. The summed E-state index contributed by atoms with van der Waals surface area (Å²) in [5.41, 5.74) is 0. The molecule has 1 unspecified atom stereocenters. The molecule has 1 atom stereocenters. The summed E-state index contributed by atoms with van der Waals surface area (Å²) in [6.07, 6.45) is 1.03. The van der Waals surface area contributed by atoms with Gasteiger partial charge in [0.25, 0.3) is 0 Å². The zero-order valence-electron chi connectivity index (χ0n) is 21.6. The molecule has 0 N–H and O–H groups in total. The van der Waals surface area contributed by atoms with E-state index in [1.165, 1.54) is 0 Å². The largest absolute Gasteiger partial charge is 1.00 e. The molecule has 0 aliphatic carbocycles.